The van der Waals surface area contributed by atoms with Crippen LogP contribution in [0, 0.1) is 5.82 Å². The Labute approximate surface area is 171 Å². The van der Waals surface area contributed by atoms with E-state index in [-0.39, 0.29) is 5.82 Å². The van der Waals surface area contributed by atoms with Crippen LogP contribution >= 0.6 is 11.3 Å². The molecule has 29 heavy (non-hydrogen) atoms. The summed E-state index contributed by atoms with van der Waals surface area (Å²) in [6.07, 6.45) is 0.335. The summed E-state index contributed by atoms with van der Waals surface area (Å²) in [6, 6.07) is 14.9. The maximum absolute atomic E-state index is 13.8. The molecule has 2 aromatic carbocycles. The Morgan fingerprint density at radius 2 is 1.76 bits per heavy atom. The number of rotatable bonds is 5. The van der Waals surface area contributed by atoms with Gasteiger partial charge in [-0.3, -0.25) is 4.90 Å². The lowest BCUT2D eigenvalue weighted by molar-refractivity contribution is 0.215. The average molecular weight is 409 g/mol. The number of thiazole rings is 1. The van der Waals surface area contributed by atoms with Crippen LogP contribution in [0.3, 0.4) is 0 Å². The molecule has 0 radical (unpaired) electrons. The van der Waals surface area contributed by atoms with Gasteiger partial charge in [-0.2, -0.15) is 4.98 Å². The fourth-order valence-electron chi connectivity index (χ4n) is 3.52. The Morgan fingerprint density at radius 1 is 0.966 bits per heavy atom. The number of hydrogen-bond donors (Lipinski definition) is 0. The van der Waals surface area contributed by atoms with E-state index in [0.717, 1.165) is 36.8 Å². The zero-order valence-electron chi connectivity index (χ0n) is 15.8. The second kappa shape index (κ2) is 7.88. The molecule has 2 aromatic heterocycles. The van der Waals surface area contributed by atoms with E-state index in [1.54, 1.807) is 23.5 Å². The van der Waals surface area contributed by atoms with Gasteiger partial charge >= 0.3 is 0 Å². The molecule has 8 heteroatoms. The Morgan fingerprint density at radius 3 is 2.59 bits per heavy atom. The third kappa shape index (κ3) is 3.99. The van der Waals surface area contributed by atoms with Gasteiger partial charge in [-0.1, -0.05) is 46.8 Å². The standard InChI is InChI=1S/C21H20FN5OS/c22-16-6-2-1-5-15(16)13-19-24-20(28-25-19)14-26-9-11-27(12-10-26)21-23-17-7-3-4-8-18(17)29-21/h1-8H,9-14H2. The summed E-state index contributed by atoms with van der Waals surface area (Å²) in [5.74, 6) is 0.841. The second-order valence-corrected chi connectivity index (χ2v) is 8.11. The molecule has 0 atom stereocenters. The molecule has 0 amide bonds. The number of piperazine rings is 1. The van der Waals surface area contributed by atoms with Crippen molar-refractivity contribution in [3.8, 4) is 0 Å². The van der Waals surface area contributed by atoms with Crippen LogP contribution in [0.1, 0.15) is 17.3 Å². The minimum Gasteiger partial charge on any atom is -0.345 e. The van der Waals surface area contributed by atoms with Gasteiger partial charge in [-0.15, -0.1) is 0 Å². The average Bonchev–Trinajstić information content (AvgIpc) is 3.37. The van der Waals surface area contributed by atoms with Gasteiger partial charge < -0.3 is 9.42 Å². The molecule has 0 saturated carbocycles. The lowest BCUT2D eigenvalue weighted by Gasteiger charge is -2.33. The SMILES string of the molecule is Fc1ccccc1Cc1noc(CN2CCN(c3nc4ccccc4s3)CC2)n1. The Hall–Kier alpha value is -2.84. The minimum atomic E-state index is -0.246. The lowest BCUT2D eigenvalue weighted by atomic mass is 10.1. The van der Waals surface area contributed by atoms with Crippen molar-refractivity contribution in [3.63, 3.8) is 0 Å². The largest absolute Gasteiger partial charge is 0.345 e. The highest BCUT2D eigenvalue weighted by Crippen LogP contribution is 2.29. The number of nitrogens with zero attached hydrogens (tertiary/aromatic N) is 5. The van der Waals surface area contributed by atoms with Crippen molar-refractivity contribution in [1.82, 2.24) is 20.0 Å². The Bertz CT molecular complexity index is 1090. The van der Waals surface area contributed by atoms with E-state index in [0.29, 0.717) is 30.2 Å². The first-order valence-electron chi connectivity index (χ1n) is 9.62. The first-order valence-corrected chi connectivity index (χ1v) is 10.4. The van der Waals surface area contributed by atoms with Crippen molar-refractivity contribution >= 4 is 26.7 Å². The highest BCUT2D eigenvalue weighted by atomic mass is 32.1. The molecule has 0 bridgehead atoms. The molecular weight excluding hydrogens is 389 g/mol. The maximum atomic E-state index is 13.8. The summed E-state index contributed by atoms with van der Waals surface area (Å²) < 4.78 is 20.4. The monoisotopic (exact) mass is 409 g/mol. The van der Waals surface area contributed by atoms with E-state index in [9.17, 15) is 4.39 Å². The van der Waals surface area contributed by atoms with Crippen LogP contribution < -0.4 is 4.90 Å². The number of benzene rings is 2. The molecular formula is C21H20FN5OS. The number of fused-ring (bicyclic) bond motifs is 1. The van der Waals surface area contributed by atoms with Gasteiger partial charge in [-0.25, -0.2) is 9.37 Å². The number of aromatic nitrogens is 3. The summed E-state index contributed by atoms with van der Waals surface area (Å²) in [6.45, 7) is 4.24. The summed E-state index contributed by atoms with van der Waals surface area (Å²) in [5, 5.41) is 5.09. The van der Waals surface area contributed by atoms with Gasteiger partial charge in [0.05, 0.1) is 16.8 Å². The maximum Gasteiger partial charge on any atom is 0.240 e. The molecule has 1 fully saturated rings. The topological polar surface area (TPSA) is 58.3 Å². The molecule has 0 N–H and O–H groups in total. The van der Waals surface area contributed by atoms with Crippen molar-refractivity contribution in [3.05, 3.63) is 71.6 Å². The summed E-state index contributed by atoms with van der Waals surface area (Å²) in [4.78, 5) is 13.8. The van der Waals surface area contributed by atoms with Gasteiger partial charge in [0.15, 0.2) is 11.0 Å². The van der Waals surface area contributed by atoms with Crippen LogP contribution in [0.15, 0.2) is 53.1 Å². The molecule has 1 saturated heterocycles. The highest BCUT2D eigenvalue weighted by Gasteiger charge is 2.21. The Kier molecular flexibility index (Phi) is 4.95. The molecule has 0 unspecified atom stereocenters. The number of halogens is 1. The Balaban J connectivity index is 1.18. The quantitative estimate of drug-likeness (QED) is 0.501. The van der Waals surface area contributed by atoms with Crippen molar-refractivity contribution in [2.24, 2.45) is 0 Å². The molecule has 4 aromatic rings. The predicted molar refractivity (Wildman–Crippen MR) is 111 cm³/mol. The molecule has 1 aliphatic heterocycles. The van der Waals surface area contributed by atoms with E-state index in [1.807, 2.05) is 18.2 Å². The minimum absolute atomic E-state index is 0.246. The van der Waals surface area contributed by atoms with E-state index in [4.69, 9.17) is 9.51 Å². The van der Waals surface area contributed by atoms with Gasteiger partial charge in [0, 0.05) is 32.6 Å². The number of anilines is 1. The normalized spacial score (nSPS) is 15.3. The lowest BCUT2D eigenvalue weighted by Crippen LogP contribution is -2.46. The zero-order valence-corrected chi connectivity index (χ0v) is 16.6. The van der Waals surface area contributed by atoms with Crippen LogP contribution in [-0.2, 0) is 13.0 Å². The van der Waals surface area contributed by atoms with E-state index < -0.39 is 0 Å². The van der Waals surface area contributed by atoms with Crippen molar-refractivity contribution in [2.75, 3.05) is 31.1 Å². The zero-order chi connectivity index (χ0) is 19.6. The molecule has 0 spiro atoms. The highest BCUT2D eigenvalue weighted by molar-refractivity contribution is 7.22. The van der Waals surface area contributed by atoms with Crippen molar-refractivity contribution in [1.29, 1.82) is 0 Å². The molecule has 5 rings (SSSR count). The van der Waals surface area contributed by atoms with Crippen LogP contribution in [0.4, 0.5) is 9.52 Å². The van der Waals surface area contributed by atoms with E-state index >= 15 is 0 Å². The summed E-state index contributed by atoms with van der Waals surface area (Å²) >= 11 is 1.74. The predicted octanol–water partition coefficient (Wildman–Crippen LogP) is 3.73. The van der Waals surface area contributed by atoms with Crippen molar-refractivity contribution < 1.29 is 8.91 Å². The molecule has 1 aliphatic rings. The van der Waals surface area contributed by atoms with E-state index in [2.05, 4.69) is 32.1 Å². The van der Waals surface area contributed by atoms with Crippen LogP contribution in [0.25, 0.3) is 10.2 Å². The number of para-hydroxylation sites is 1. The molecule has 148 valence electrons. The molecule has 6 nitrogen and oxygen atoms in total. The third-order valence-electron chi connectivity index (χ3n) is 5.10. The first kappa shape index (κ1) is 18.2. The van der Waals surface area contributed by atoms with Gasteiger partial charge in [0.2, 0.25) is 5.89 Å². The number of hydrogen-bond acceptors (Lipinski definition) is 7. The smallest absolute Gasteiger partial charge is 0.240 e. The first-order chi connectivity index (χ1) is 14.2. The second-order valence-electron chi connectivity index (χ2n) is 7.10. The van der Waals surface area contributed by atoms with Gasteiger partial charge in [0.1, 0.15) is 5.82 Å². The van der Waals surface area contributed by atoms with Crippen molar-refractivity contribution in [2.45, 2.75) is 13.0 Å². The third-order valence-corrected chi connectivity index (χ3v) is 6.20. The van der Waals surface area contributed by atoms with Crippen LogP contribution in [0.5, 0.6) is 0 Å². The molecule has 0 aliphatic carbocycles. The fraction of sp³-hybridized carbons (Fsp3) is 0.286. The summed E-state index contributed by atoms with van der Waals surface area (Å²) in [5.41, 5.74) is 1.63. The van der Waals surface area contributed by atoms with Gasteiger partial charge in [-0.05, 0) is 23.8 Å². The fourth-order valence-corrected chi connectivity index (χ4v) is 4.54. The van der Waals surface area contributed by atoms with Crippen LogP contribution in [-0.4, -0.2) is 46.2 Å². The van der Waals surface area contributed by atoms with E-state index in [1.165, 1.54) is 10.8 Å². The van der Waals surface area contributed by atoms with Crippen LogP contribution in [0.2, 0.25) is 0 Å². The molecule has 3 heterocycles. The summed E-state index contributed by atoms with van der Waals surface area (Å²) in [7, 11) is 0. The van der Waals surface area contributed by atoms with Gasteiger partial charge in [0.25, 0.3) is 0 Å².